The van der Waals surface area contributed by atoms with E-state index in [1.165, 1.54) is 18.3 Å². The zero-order chi connectivity index (χ0) is 20.9. The van der Waals surface area contributed by atoms with Crippen LogP contribution in [0.3, 0.4) is 0 Å². The molecule has 0 aliphatic carbocycles. The molecule has 2 amide bonds. The fourth-order valence-electron chi connectivity index (χ4n) is 3.50. The third-order valence-corrected chi connectivity index (χ3v) is 5.98. The molecule has 1 aliphatic heterocycles. The van der Waals surface area contributed by atoms with Crippen molar-refractivity contribution in [2.24, 2.45) is 0 Å². The lowest BCUT2D eigenvalue weighted by Gasteiger charge is -2.40. The van der Waals surface area contributed by atoms with Crippen LogP contribution in [-0.2, 0) is 24.5 Å². The van der Waals surface area contributed by atoms with Gasteiger partial charge in [0.15, 0.2) is 6.61 Å². The van der Waals surface area contributed by atoms with E-state index in [2.05, 4.69) is 5.32 Å². The monoisotopic (exact) mass is 411 g/mol. The van der Waals surface area contributed by atoms with Gasteiger partial charge >= 0.3 is 5.97 Å². The highest BCUT2D eigenvalue weighted by molar-refractivity contribution is 7.14. The van der Waals surface area contributed by atoms with Crippen molar-refractivity contribution >= 4 is 34.1 Å². The molecule has 3 rings (SSSR count). The van der Waals surface area contributed by atoms with Crippen LogP contribution in [0.5, 0.6) is 0 Å². The van der Waals surface area contributed by atoms with Crippen molar-refractivity contribution in [1.29, 1.82) is 5.26 Å². The summed E-state index contributed by atoms with van der Waals surface area (Å²) in [5, 5.41) is 13.8. The molecular weight excluding hydrogens is 390 g/mol. The quantitative estimate of drug-likeness (QED) is 0.763. The molecule has 7 nitrogen and oxygen atoms in total. The van der Waals surface area contributed by atoms with Gasteiger partial charge in [-0.3, -0.25) is 14.4 Å². The van der Waals surface area contributed by atoms with Gasteiger partial charge in [-0.25, -0.2) is 0 Å². The maximum absolute atomic E-state index is 13.1. The van der Waals surface area contributed by atoms with Crippen LogP contribution < -0.4 is 5.32 Å². The summed E-state index contributed by atoms with van der Waals surface area (Å²) in [4.78, 5) is 38.7. The molecule has 0 unspecified atom stereocenters. The Morgan fingerprint density at radius 3 is 2.52 bits per heavy atom. The smallest absolute Gasteiger partial charge is 0.317 e. The summed E-state index contributed by atoms with van der Waals surface area (Å²) in [5.74, 6) is -1.00. The van der Waals surface area contributed by atoms with Crippen molar-refractivity contribution in [3.63, 3.8) is 0 Å². The summed E-state index contributed by atoms with van der Waals surface area (Å²) >= 11 is 1.23. The van der Waals surface area contributed by atoms with Gasteiger partial charge < -0.3 is 15.0 Å². The topological polar surface area (TPSA) is 99.5 Å². The number of piperidine rings is 1. The Morgan fingerprint density at radius 1 is 1.21 bits per heavy atom. The molecule has 1 aromatic carbocycles. The molecular formula is C21H21N3O4S. The van der Waals surface area contributed by atoms with Gasteiger partial charge in [-0.15, -0.1) is 11.3 Å². The lowest BCUT2D eigenvalue weighted by Crippen LogP contribution is -2.49. The summed E-state index contributed by atoms with van der Waals surface area (Å²) < 4.78 is 5.39. The second kappa shape index (κ2) is 8.88. The second-order valence-corrected chi connectivity index (χ2v) is 7.77. The van der Waals surface area contributed by atoms with E-state index < -0.39 is 23.9 Å². The van der Waals surface area contributed by atoms with E-state index in [0.717, 1.165) is 5.56 Å². The molecule has 29 heavy (non-hydrogen) atoms. The van der Waals surface area contributed by atoms with Gasteiger partial charge in [0, 0.05) is 20.0 Å². The molecule has 0 bridgehead atoms. The Kier molecular flexibility index (Phi) is 6.29. The molecule has 0 radical (unpaired) electrons. The van der Waals surface area contributed by atoms with Crippen LogP contribution in [0.25, 0.3) is 0 Å². The Labute approximate surface area is 172 Å². The standard InChI is InChI=1S/C21H21N3O4S/c1-15(25)24-10-8-21(9-11-24,17-5-3-2-4-6-17)20(27)28-14-18(26)23-19-16(13-22)7-12-29-19/h2-7,12H,8-11,14H2,1H3,(H,23,26). The van der Waals surface area contributed by atoms with Gasteiger partial charge in [0.05, 0.1) is 11.0 Å². The zero-order valence-electron chi connectivity index (χ0n) is 16.0. The van der Waals surface area contributed by atoms with Crippen molar-refractivity contribution in [3.8, 4) is 6.07 Å². The van der Waals surface area contributed by atoms with Gasteiger partial charge in [0.1, 0.15) is 11.1 Å². The maximum atomic E-state index is 13.1. The molecule has 1 aliphatic rings. The average Bonchev–Trinajstić information content (AvgIpc) is 3.19. The van der Waals surface area contributed by atoms with Gasteiger partial charge in [-0.05, 0) is 29.9 Å². The number of nitrogens with zero attached hydrogens (tertiary/aromatic N) is 2. The van der Waals surface area contributed by atoms with Gasteiger partial charge in [0.25, 0.3) is 5.91 Å². The molecule has 0 saturated carbocycles. The van der Waals surface area contributed by atoms with E-state index >= 15 is 0 Å². The number of ether oxygens (including phenoxy) is 1. The largest absolute Gasteiger partial charge is 0.455 e. The number of hydrogen-bond acceptors (Lipinski definition) is 6. The number of nitrogens with one attached hydrogen (secondary N) is 1. The molecule has 150 valence electrons. The molecule has 1 aromatic heterocycles. The highest BCUT2D eigenvalue weighted by Crippen LogP contribution is 2.37. The zero-order valence-corrected chi connectivity index (χ0v) is 16.8. The Balaban J connectivity index is 1.70. The predicted molar refractivity (Wildman–Crippen MR) is 108 cm³/mol. The van der Waals surface area contributed by atoms with Gasteiger partial charge in [-0.1, -0.05) is 30.3 Å². The third kappa shape index (κ3) is 4.46. The normalized spacial score (nSPS) is 15.2. The first-order valence-electron chi connectivity index (χ1n) is 9.22. The minimum absolute atomic E-state index is 0.0244. The molecule has 0 atom stereocenters. The number of carbonyl (C=O) groups is 3. The molecule has 2 heterocycles. The van der Waals surface area contributed by atoms with Gasteiger partial charge in [-0.2, -0.15) is 5.26 Å². The summed E-state index contributed by atoms with van der Waals surface area (Å²) in [6, 6.07) is 12.9. The Morgan fingerprint density at radius 2 is 1.90 bits per heavy atom. The second-order valence-electron chi connectivity index (χ2n) is 6.85. The molecule has 0 spiro atoms. The SMILES string of the molecule is CC(=O)N1CCC(C(=O)OCC(=O)Nc2sccc2C#N)(c2ccccc2)CC1. The van der Waals surface area contributed by atoms with Crippen LogP contribution in [-0.4, -0.2) is 42.4 Å². The molecule has 8 heteroatoms. The number of esters is 1. The van der Waals surface area contributed by atoms with Crippen LogP contribution in [0.2, 0.25) is 0 Å². The van der Waals surface area contributed by atoms with Gasteiger partial charge in [0.2, 0.25) is 5.91 Å². The van der Waals surface area contributed by atoms with E-state index in [4.69, 9.17) is 10.00 Å². The number of anilines is 1. The van der Waals surface area contributed by atoms with Crippen molar-refractivity contribution in [1.82, 2.24) is 4.90 Å². The van der Waals surface area contributed by atoms with Crippen molar-refractivity contribution < 1.29 is 19.1 Å². The third-order valence-electron chi connectivity index (χ3n) is 5.15. The van der Waals surface area contributed by atoms with E-state index in [1.54, 1.807) is 16.3 Å². The number of rotatable bonds is 5. The molecule has 1 fully saturated rings. The summed E-state index contributed by atoms with van der Waals surface area (Å²) in [6.45, 7) is 1.98. The van der Waals surface area contributed by atoms with Crippen LogP contribution in [0, 0.1) is 11.3 Å². The minimum atomic E-state index is -0.895. The van der Waals surface area contributed by atoms with E-state index in [-0.39, 0.29) is 5.91 Å². The number of hydrogen-bond donors (Lipinski definition) is 1. The minimum Gasteiger partial charge on any atom is -0.455 e. The Hall–Kier alpha value is -3.18. The highest BCUT2D eigenvalue weighted by atomic mass is 32.1. The first-order chi connectivity index (χ1) is 14.0. The number of thiophene rings is 1. The predicted octanol–water partition coefficient (Wildman–Crippen LogP) is 2.68. The molecule has 2 aromatic rings. The van der Waals surface area contributed by atoms with Crippen LogP contribution in [0.15, 0.2) is 41.8 Å². The van der Waals surface area contributed by atoms with Crippen molar-refractivity contribution in [2.75, 3.05) is 25.0 Å². The van der Waals surface area contributed by atoms with Crippen LogP contribution in [0.4, 0.5) is 5.00 Å². The van der Waals surface area contributed by atoms with E-state index in [9.17, 15) is 14.4 Å². The number of carbonyl (C=O) groups excluding carboxylic acids is 3. The average molecular weight is 411 g/mol. The fourth-order valence-corrected chi connectivity index (χ4v) is 4.25. The highest BCUT2D eigenvalue weighted by Gasteiger charge is 2.44. The lowest BCUT2D eigenvalue weighted by molar-refractivity contribution is -0.156. The number of likely N-dealkylation sites (tertiary alicyclic amines) is 1. The number of amides is 2. The van der Waals surface area contributed by atoms with Crippen molar-refractivity contribution in [3.05, 3.63) is 52.9 Å². The van der Waals surface area contributed by atoms with Crippen molar-refractivity contribution in [2.45, 2.75) is 25.2 Å². The first-order valence-corrected chi connectivity index (χ1v) is 10.1. The number of benzene rings is 1. The van der Waals surface area contributed by atoms with E-state index in [1.807, 2.05) is 36.4 Å². The summed E-state index contributed by atoms with van der Waals surface area (Å²) in [7, 11) is 0. The van der Waals surface area contributed by atoms with Crippen LogP contribution in [0.1, 0.15) is 30.9 Å². The first kappa shape index (κ1) is 20.6. The molecule has 1 N–H and O–H groups in total. The summed E-state index contributed by atoms with van der Waals surface area (Å²) in [6.07, 6.45) is 0.862. The maximum Gasteiger partial charge on any atom is 0.317 e. The summed E-state index contributed by atoms with van der Waals surface area (Å²) in [5.41, 5.74) is 0.291. The lowest BCUT2D eigenvalue weighted by atomic mass is 9.72. The molecule has 1 saturated heterocycles. The number of nitriles is 1. The van der Waals surface area contributed by atoms with Crippen LogP contribution >= 0.6 is 11.3 Å². The Bertz CT molecular complexity index is 940. The van der Waals surface area contributed by atoms with E-state index in [0.29, 0.717) is 36.5 Å². The fraction of sp³-hybridized carbons (Fsp3) is 0.333.